The Morgan fingerprint density at radius 2 is 2.41 bits per heavy atom. The highest BCUT2D eigenvalue weighted by atomic mass is 32.2. The molecule has 0 bridgehead atoms. The summed E-state index contributed by atoms with van der Waals surface area (Å²) in [4.78, 5) is 11.7. The minimum absolute atomic E-state index is 0.202. The predicted molar refractivity (Wildman–Crippen MR) is 72.0 cm³/mol. The molecule has 1 aliphatic rings. The van der Waals surface area contributed by atoms with Crippen LogP contribution in [-0.2, 0) is 4.79 Å². The zero-order valence-corrected chi connectivity index (χ0v) is 11.4. The molecule has 4 N–H and O–H groups in total. The quantitative estimate of drug-likeness (QED) is 0.635. The predicted octanol–water partition coefficient (Wildman–Crippen LogP) is 0.878. The van der Waals surface area contributed by atoms with Crippen molar-refractivity contribution in [3.63, 3.8) is 0 Å². The number of hydrogen-bond acceptors (Lipinski definition) is 4. The SMILES string of the molecule is CCCNC1(C(N)=O)CCCC(SCCO)C1. The Labute approximate surface area is 108 Å². The van der Waals surface area contributed by atoms with Crippen LogP contribution in [-0.4, -0.2) is 40.7 Å². The molecule has 0 saturated heterocycles. The van der Waals surface area contributed by atoms with E-state index in [0.29, 0.717) is 5.25 Å². The van der Waals surface area contributed by atoms with E-state index in [0.717, 1.165) is 44.4 Å². The summed E-state index contributed by atoms with van der Waals surface area (Å²) in [6.45, 7) is 3.12. The van der Waals surface area contributed by atoms with Gasteiger partial charge >= 0.3 is 0 Å². The molecular formula is C12H24N2O2S. The molecule has 0 aromatic rings. The van der Waals surface area contributed by atoms with Crippen molar-refractivity contribution in [2.75, 3.05) is 18.9 Å². The van der Waals surface area contributed by atoms with E-state index in [9.17, 15) is 4.79 Å². The maximum atomic E-state index is 11.7. The van der Waals surface area contributed by atoms with Gasteiger partial charge in [-0.1, -0.05) is 6.92 Å². The van der Waals surface area contributed by atoms with Gasteiger partial charge in [0.2, 0.25) is 5.91 Å². The number of nitrogens with one attached hydrogen (secondary N) is 1. The summed E-state index contributed by atoms with van der Waals surface area (Å²) in [6.07, 6.45) is 4.80. The zero-order chi connectivity index (χ0) is 12.7. The molecule has 0 heterocycles. The minimum atomic E-state index is -0.513. The van der Waals surface area contributed by atoms with Crippen molar-refractivity contribution in [3.8, 4) is 0 Å². The van der Waals surface area contributed by atoms with Crippen molar-refractivity contribution >= 4 is 17.7 Å². The molecular weight excluding hydrogens is 236 g/mol. The lowest BCUT2D eigenvalue weighted by Gasteiger charge is -2.39. The molecule has 0 aromatic carbocycles. The Balaban J connectivity index is 2.59. The lowest BCUT2D eigenvalue weighted by atomic mass is 9.80. The summed E-state index contributed by atoms with van der Waals surface area (Å²) in [6, 6.07) is 0. The van der Waals surface area contributed by atoms with E-state index >= 15 is 0 Å². The normalized spacial score (nSPS) is 29.2. The van der Waals surface area contributed by atoms with Crippen LogP contribution in [0.3, 0.4) is 0 Å². The molecule has 0 radical (unpaired) electrons. The minimum Gasteiger partial charge on any atom is -0.396 e. The third kappa shape index (κ3) is 4.16. The monoisotopic (exact) mass is 260 g/mol. The van der Waals surface area contributed by atoms with E-state index in [1.807, 2.05) is 0 Å². The third-order valence-corrected chi connectivity index (χ3v) is 4.63. The number of carbonyl (C=O) groups excluding carboxylic acids is 1. The first-order chi connectivity index (χ1) is 8.14. The van der Waals surface area contributed by atoms with Crippen molar-refractivity contribution in [1.29, 1.82) is 0 Å². The van der Waals surface area contributed by atoms with E-state index in [1.165, 1.54) is 0 Å². The fourth-order valence-electron chi connectivity index (χ4n) is 2.42. The Morgan fingerprint density at radius 3 is 3.00 bits per heavy atom. The summed E-state index contributed by atoms with van der Waals surface area (Å²) in [5, 5.41) is 12.6. The smallest absolute Gasteiger partial charge is 0.237 e. The number of amides is 1. The number of hydrogen-bond donors (Lipinski definition) is 3. The van der Waals surface area contributed by atoms with Crippen LogP contribution in [0.15, 0.2) is 0 Å². The second-order valence-corrected chi connectivity index (χ2v) is 6.09. The molecule has 1 amide bonds. The number of carbonyl (C=O) groups is 1. The fourth-order valence-corrected chi connectivity index (χ4v) is 3.60. The van der Waals surface area contributed by atoms with Crippen molar-refractivity contribution in [1.82, 2.24) is 5.32 Å². The van der Waals surface area contributed by atoms with Gasteiger partial charge in [-0.3, -0.25) is 4.79 Å². The van der Waals surface area contributed by atoms with E-state index in [1.54, 1.807) is 11.8 Å². The summed E-state index contributed by atoms with van der Waals surface area (Å²) >= 11 is 1.75. The Morgan fingerprint density at radius 1 is 1.65 bits per heavy atom. The number of aliphatic hydroxyl groups is 1. The first-order valence-electron chi connectivity index (χ1n) is 6.42. The van der Waals surface area contributed by atoms with Gasteiger partial charge in [-0.05, 0) is 38.6 Å². The summed E-state index contributed by atoms with van der Waals surface area (Å²) in [7, 11) is 0. The molecule has 17 heavy (non-hydrogen) atoms. The highest BCUT2D eigenvalue weighted by Gasteiger charge is 2.40. The van der Waals surface area contributed by atoms with Gasteiger partial charge in [0.1, 0.15) is 0 Å². The zero-order valence-electron chi connectivity index (χ0n) is 10.6. The number of primary amides is 1. The summed E-state index contributed by atoms with van der Waals surface area (Å²) in [5.41, 5.74) is 5.06. The van der Waals surface area contributed by atoms with Gasteiger partial charge in [-0.2, -0.15) is 11.8 Å². The molecule has 0 aliphatic heterocycles. The molecule has 1 aliphatic carbocycles. The van der Waals surface area contributed by atoms with Crippen molar-refractivity contribution < 1.29 is 9.90 Å². The lowest BCUT2D eigenvalue weighted by Crippen LogP contribution is -2.58. The van der Waals surface area contributed by atoms with Crippen LogP contribution in [0.5, 0.6) is 0 Å². The Hall–Kier alpha value is -0.260. The second kappa shape index (κ2) is 7.24. The van der Waals surface area contributed by atoms with Gasteiger partial charge in [-0.15, -0.1) is 0 Å². The molecule has 2 unspecified atom stereocenters. The highest BCUT2D eigenvalue weighted by Crippen LogP contribution is 2.34. The van der Waals surface area contributed by atoms with Crippen LogP contribution >= 0.6 is 11.8 Å². The van der Waals surface area contributed by atoms with Crippen LogP contribution in [0.25, 0.3) is 0 Å². The van der Waals surface area contributed by atoms with Gasteiger partial charge < -0.3 is 16.2 Å². The molecule has 2 atom stereocenters. The standard InChI is InChI=1S/C12H24N2O2S/c1-2-6-14-12(11(13)16)5-3-4-10(9-12)17-8-7-15/h10,14-15H,2-9H2,1H3,(H2,13,16). The summed E-state index contributed by atoms with van der Waals surface area (Å²) in [5.74, 6) is 0.521. The van der Waals surface area contributed by atoms with Crippen LogP contribution < -0.4 is 11.1 Å². The molecule has 1 fully saturated rings. The van der Waals surface area contributed by atoms with E-state index in [-0.39, 0.29) is 12.5 Å². The molecule has 0 aromatic heterocycles. The highest BCUT2D eigenvalue weighted by molar-refractivity contribution is 7.99. The van der Waals surface area contributed by atoms with Crippen LogP contribution in [0, 0.1) is 0 Å². The van der Waals surface area contributed by atoms with Crippen molar-refractivity contribution in [3.05, 3.63) is 0 Å². The van der Waals surface area contributed by atoms with Gasteiger partial charge in [0, 0.05) is 11.0 Å². The van der Waals surface area contributed by atoms with Gasteiger partial charge in [0.15, 0.2) is 0 Å². The Bertz CT molecular complexity index is 251. The Kier molecular flexibility index (Phi) is 6.30. The van der Waals surface area contributed by atoms with Crippen molar-refractivity contribution in [2.24, 2.45) is 5.73 Å². The van der Waals surface area contributed by atoms with Gasteiger partial charge in [0.25, 0.3) is 0 Å². The topological polar surface area (TPSA) is 75.3 Å². The van der Waals surface area contributed by atoms with E-state index < -0.39 is 5.54 Å². The average molecular weight is 260 g/mol. The fraction of sp³-hybridized carbons (Fsp3) is 0.917. The third-order valence-electron chi connectivity index (χ3n) is 3.34. The van der Waals surface area contributed by atoms with Crippen LogP contribution in [0.2, 0.25) is 0 Å². The van der Waals surface area contributed by atoms with Crippen molar-refractivity contribution in [2.45, 2.75) is 49.8 Å². The lowest BCUT2D eigenvalue weighted by molar-refractivity contribution is -0.125. The number of aliphatic hydroxyl groups excluding tert-OH is 1. The van der Waals surface area contributed by atoms with Gasteiger partial charge in [-0.25, -0.2) is 0 Å². The maximum Gasteiger partial charge on any atom is 0.237 e. The largest absolute Gasteiger partial charge is 0.396 e. The average Bonchev–Trinajstić information content (AvgIpc) is 2.34. The molecule has 0 spiro atoms. The molecule has 4 nitrogen and oxygen atoms in total. The molecule has 5 heteroatoms. The molecule has 1 saturated carbocycles. The number of rotatable bonds is 7. The van der Waals surface area contributed by atoms with Crippen LogP contribution in [0.1, 0.15) is 39.0 Å². The summed E-state index contributed by atoms with van der Waals surface area (Å²) < 4.78 is 0. The first kappa shape index (κ1) is 14.8. The van der Waals surface area contributed by atoms with E-state index in [2.05, 4.69) is 12.2 Å². The maximum absolute atomic E-state index is 11.7. The van der Waals surface area contributed by atoms with E-state index in [4.69, 9.17) is 10.8 Å². The van der Waals surface area contributed by atoms with Crippen LogP contribution in [0.4, 0.5) is 0 Å². The second-order valence-electron chi connectivity index (χ2n) is 4.69. The van der Waals surface area contributed by atoms with Gasteiger partial charge in [0.05, 0.1) is 12.1 Å². The molecule has 100 valence electrons. The molecule has 1 rings (SSSR count). The number of thioether (sulfide) groups is 1. The number of nitrogens with two attached hydrogens (primary N) is 1. The first-order valence-corrected chi connectivity index (χ1v) is 7.47.